The minimum absolute atomic E-state index is 0.301. The monoisotopic (exact) mass is 346 g/mol. The van der Waals surface area contributed by atoms with Crippen molar-refractivity contribution in [3.8, 4) is 0 Å². The molecule has 0 aliphatic heterocycles. The number of hydrogen-bond acceptors (Lipinski definition) is 9. The number of carbonyl (C=O) groups is 2. The summed E-state index contributed by atoms with van der Waals surface area (Å²) in [6.45, 7) is 7.22. The van der Waals surface area contributed by atoms with Crippen molar-refractivity contribution in [2.24, 2.45) is 0 Å². The summed E-state index contributed by atoms with van der Waals surface area (Å²) in [7, 11) is 0. The highest BCUT2D eigenvalue weighted by molar-refractivity contribution is 8.03. The Bertz CT molecular complexity index is 462. The molecular weight excluding hydrogens is 332 g/mol. The molecule has 0 aliphatic rings. The van der Waals surface area contributed by atoms with Crippen LogP contribution in [0.3, 0.4) is 0 Å². The van der Waals surface area contributed by atoms with Gasteiger partial charge in [-0.2, -0.15) is 0 Å². The Hall–Kier alpha value is -1.32. The number of esters is 2. The Balaban J connectivity index is 2.17. The molecule has 114 valence electrons. The lowest BCUT2D eigenvalue weighted by atomic mass is 10.6. The summed E-state index contributed by atoms with van der Waals surface area (Å²) in [6, 6.07) is 0. The normalized spacial score (nSPS) is 9.90. The van der Waals surface area contributed by atoms with Crippen LogP contribution in [0.2, 0.25) is 0 Å². The fourth-order valence-electron chi connectivity index (χ4n) is 0.974. The Morgan fingerprint density at radius 2 is 1.43 bits per heavy atom. The molecule has 1 aromatic heterocycles. The van der Waals surface area contributed by atoms with E-state index >= 15 is 0 Å². The summed E-state index contributed by atoms with van der Waals surface area (Å²) in [4.78, 5) is 21.6. The van der Waals surface area contributed by atoms with E-state index in [9.17, 15) is 9.59 Å². The molecule has 21 heavy (non-hydrogen) atoms. The Morgan fingerprint density at radius 3 is 1.81 bits per heavy atom. The van der Waals surface area contributed by atoms with E-state index in [0.29, 0.717) is 24.7 Å². The van der Waals surface area contributed by atoms with Crippen LogP contribution in [-0.2, 0) is 19.1 Å². The molecule has 0 saturated carbocycles. The molecule has 6 nitrogen and oxygen atoms in total. The number of aromatic nitrogens is 2. The van der Waals surface area contributed by atoms with Crippen LogP contribution in [0.1, 0.15) is 0 Å². The largest absolute Gasteiger partial charge is 0.462 e. The molecule has 1 aromatic rings. The number of nitrogens with zero attached hydrogens (tertiary/aromatic N) is 2. The van der Waals surface area contributed by atoms with Gasteiger partial charge in [-0.05, 0) is 0 Å². The minimum Gasteiger partial charge on any atom is -0.462 e. The van der Waals surface area contributed by atoms with E-state index in [1.54, 1.807) is 0 Å². The van der Waals surface area contributed by atoms with E-state index < -0.39 is 11.9 Å². The average Bonchev–Trinajstić information content (AvgIpc) is 2.95. The summed E-state index contributed by atoms with van der Waals surface area (Å²) < 4.78 is 11.3. The van der Waals surface area contributed by atoms with E-state index in [0.717, 1.165) is 20.8 Å². The molecule has 0 unspecified atom stereocenters. The van der Waals surface area contributed by atoms with E-state index in [1.165, 1.54) is 34.9 Å². The first-order valence-corrected chi connectivity index (χ1v) is 8.62. The maximum absolute atomic E-state index is 10.8. The van der Waals surface area contributed by atoms with Gasteiger partial charge < -0.3 is 9.47 Å². The standard InChI is InChI=1S/C12H14N2O4S3/c1-3-9(15)17-5-7-19-11-13-14-12(21-11)20-8-6-18-10(16)4-2/h3-4H,1-2,5-8H2. The fraction of sp³-hybridized carbons (Fsp3) is 0.333. The molecule has 9 heteroatoms. The second-order valence-corrected chi connectivity index (χ2v) is 6.94. The van der Waals surface area contributed by atoms with E-state index in [1.807, 2.05) is 0 Å². The first kappa shape index (κ1) is 17.7. The van der Waals surface area contributed by atoms with Gasteiger partial charge in [0.2, 0.25) is 0 Å². The van der Waals surface area contributed by atoms with Gasteiger partial charge in [0.25, 0.3) is 0 Å². The third-order valence-electron chi connectivity index (χ3n) is 1.83. The summed E-state index contributed by atoms with van der Waals surface area (Å²) in [6.07, 6.45) is 2.26. The molecule has 1 rings (SSSR count). The Kier molecular flexibility index (Phi) is 8.79. The number of rotatable bonds is 10. The van der Waals surface area contributed by atoms with Gasteiger partial charge in [0.1, 0.15) is 13.2 Å². The van der Waals surface area contributed by atoms with E-state index in [-0.39, 0.29) is 0 Å². The van der Waals surface area contributed by atoms with Gasteiger partial charge >= 0.3 is 11.9 Å². The highest BCUT2D eigenvalue weighted by Crippen LogP contribution is 2.28. The topological polar surface area (TPSA) is 78.4 Å². The maximum Gasteiger partial charge on any atom is 0.330 e. The van der Waals surface area contributed by atoms with Gasteiger partial charge in [0.05, 0.1) is 0 Å². The molecule has 0 fully saturated rings. The van der Waals surface area contributed by atoms with Gasteiger partial charge in [0, 0.05) is 23.7 Å². The zero-order valence-electron chi connectivity index (χ0n) is 11.1. The van der Waals surface area contributed by atoms with Crippen LogP contribution >= 0.6 is 34.9 Å². The molecule has 0 spiro atoms. The lowest BCUT2D eigenvalue weighted by Crippen LogP contribution is -2.03. The van der Waals surface area contributed by atoms with Crippen molar-refractivity contribution in [3.05, 3.63) is 25.3 Å². The first-order chi connectivity index (χ1) is 10.2. The van der Waals surface area contributed by atoms with Gasteiger partial charge in [-0.1, -0.05) is 48.0 Å². The Labute approximate surface area is 135 Å². The SMILES string of the molecule is C=CC(=O)OCCSc1nnc(SCCOC(=O)C=C)s1. The summed E-state index contributed by atoms with van der Waals surface area (Å²) in [5.74, 6) is 0.349. The predicted molar refractivity (Wildman–Crippen MR) is 83.7 cm³/mol. The molecule has 0 bridgehead atoms. The molecule has 0 saturated heterocycles. The average molecular weight is 346 g/mol. The highest BCUT2D eigenvalue weighted by atomic mass is 32.2. The molecule has 1 heterocycles. The number of ether oxygens (including phenoxy) is 2. The van der Waals surface area contributed by atoms with Gasteiger partial charge in [-0.3, -0.25) is 0 Å². The molecule has 0 atom stereocenters. The lowest BCUT2D eigenvalue weighted by Gasteiger charge is -1.99. The maximum atomic E-state index is 10.8. The molecule has 0 aliphatic carbocycles. The van der Waals surface area contributed by atoms with E-state index in [2.05, 4.69) is 23.4 Å². The van der Waals surface area contributed by atoms with Crippen molar-refractivity contribution in [3.63, 3.8) is 0 Å². The summed E-state index contributed by atoms with van der Waals surface area (Å²) in [5.41, 5.74) is 0. The van der Waals surface area contributed by atoms with Crippen LogP contribution in [-0.4, -0.2) is 46.9 Å². The smallest absolute Gasteiger partial charge is 0.330 e. The first-order valence-electron chi connectivity index (χ1n) is 5.83. The van der Waals surface area contributed by atoms with Gasteiger partial charge in [-0.15, -0.1) is 10.2 Å². The van der Waals surface area contributed by atoms with Gasteiger partial charge in [-0.25, -0.2) is 9.59 Å². The van der Waals surface area contributed by atoms with Crippen LogP contribution in [0, 0.1) is 0 Å². The summed E-state index contributed by atoms with van der Waals surface area (Å²) in [5, 5.41) is 8.02. The number of thioether (sulfide) groups is 2. The molecule has 0 radical (unpaired) electrons. The lowest BCUT2D eigenvalue weighted by molar-refractivity contribution is -0.138. The quantitative estimate of drug-likeness (QED) is 0.276. The zero-order valence-corrected chi connectivity index (χ0v) is 13.6. The molecule has 0 amide bonds. The predicted octanol–water partition coefficient (Wildman–Crippen LogP) is 2.18. The number of carbonyl (C=O) groups excluding carboxylic acids is 2. The van der Waals surface area contributed by atoms with Crippen LogP contribution in [0.4, 0.5) is 0 Å². The highest BCUT2D eigenvalue weighted by Gasteiger charge is 2.06. The summed E-state index contributed by atoms with van der Waals surface area (Å²) >= 11 is 4.37. The molecule has 0 N–H and O–H groups in total. The second-order valence-electron chi connectivity index (χ2n) is 3.27. The fourth-order valence-corrected chi connectivity index (χ4v) is 3.77. The minimum atomic E-state index is -0.432. The third-order valence-corrected chi connectivity index (χ3v) is 4.95. The number of hydrogen-bond donors (Lipinski definition) is 0. The van der Waals surface area contributed by atoms with Crippen molar-refractivity contribution < 1.29 is 19.1 Å². The van der Waals surface area contributed by atoms with Crippen molar-refractivity contribution in [2.45, 2.75) is 8.68 Å². The van der Waals surface area contributed by atoms with Crippen molar-refractivity contribution >= 4 is 46.8 Å². The van der Waals surface area contributed by atoms with Crippen LogP contribution in [0.5, 0.6) is 0 Å². The van der Waals surface area contributed by atoms with Gasteiger partial charge in [0.15, 0.2) is 8.68 Å². The van der Waals surface area contributed by atoms with Crippen molar-refractivity contribution in [1.29, 1.82) is 0 Å². The third kappa shape index (κ3) is 7.88. The zero-order chi connectivity index (χ0) is 15.5. The van der Waals surface area contributed by atoms with Crippen LogP contribution < -0.4 is 0 Å². The van der Waals surface area contributed by atoms with E-state index in [4.69, 9.17) is 9.47 Å². The molecule has 0 aromatic carbocycles. The van der Waals surface area contributed by atoms with Crippen LogP contribution in [0.25, 0.3) is 0 Å². The van der Waals surface area contributed by atoms with Crippen LogP contribution in [0.15, 0.2) is 34.0 Å². The molecular formula is C12H14N2O4S3. The van der Waals surface area contributed by atoms with Crippen molar-refractivity contribution in [1.82, 2.24) is 10.2 Å². The van der Waals surface area contributed by atoms with Crippen molar-refractivity contribution in [2.75, 3.05) is 24.7 Å². The Morgan fingerprint density at radius 1 is 1.00 bits per heavy atom. The second kappa shape index (κ2) is 10.4.